The molecule has 0 spiro atoms. The van der Waals surface area contributed by atoms with Gasteiger partial charge in [-0.2, -0.15) is 0 Å². The molecule has 138 valence electrons. The van der Waals surface area contributed by atoms with Crippen LogP contribution in [-0.4, -0.2) is 42.6 Å². The Bertz CT molecular complexity index is 740. The van der Waals surface area contributed by atoms with Crippen LogP contribution >= 0.6 is 11.3 Å². The molecule has 2 heterocycles. The molecule has 1 aliphatic heterocycles. The molecule has 3 amide bonds. The smallest absolute Gasteiger partial charge is 0.321 e. The SMILES string of the molecule is CCOc1ccccc1NC(=O)N1CCC(NC(=O)c2cccs2)CC1. The van der Waals surface area contributed by atoms with Crippen LogP contribution in [-0.2, 0) is 0 Å². The van der Waals surface area contributed by atoms with Gasteiger partial charge in [0.15, 0.2) is 0 Å². The van der Waals surface area contributed by atoms with Gasteiger partial charge >= 0.3 is 6.03 Å². The van der Waals surface area contributed by atoms with Crippen LogP contribution in [0.3, 0.4) is 0 Å². The van der Waals surface area contributed by atoms with Gasteiger partial charge in [-0.3, -0.25) is 4.79 Å². The summed E-state index contributed by atoms with van der Waals surface area (Å²) in [4.78, 5) is 27.1. The van der Waals surface area contributed by atoms with Gasteiger partial charge in [0.1, 0.15) is 5.75 Å². The number of benzene rings is 1. The molecule has 2 aromatic rings. The van der Waals surface area contributed by atoms with E-state index in [1.54, 1.807) is 4.90 Å². The number of ether oxygens (including phenoxy) is 1. The van der Waals surface area contributed by atoms with E-state index in [4.69, 9.17) is 4.74 Å². The number of hydrogen-bond acceptors (Lipinski definition) is 4. The number of nitrogens with zero attached hydrogens (tertiary/aromatic N) is 1. The van der Waals surface area contributed by atoms with Crippen LogP contribution in [0.2, 0.25) is 0 Å². The number of para-hydroxylation sites is 2. The molecule has 0 atom stereocenters. The van der Waals surface area contributed by atoms with Crippen molar-refractivity contribution in [1.82, 2.24) is 10.2 Å². The third-order valence-corrected chi connectivity index (χ3v) is 5.16. The molecule has 1 aromatic heterocycles. The minimum absolute atomic E-state index is 0.0338. The van der Waals surface area contributed by atoms with Crippen molar-refractivity contribution in [3.8, 4) is 5.75 Å². The zero-order chi connectivity index (χ0) is 18.4. The summed E-state index contributed by atoms with van der Waals surface area (Å²) in [6.07, 6.45) is 1.50. The van der Waals surface area contributed by atoms with Crippen LogP contribution in [0, 0.1) is 0 Å². The molecule has 7 heteroatoms. The minimum Gasteiger partial charge on any atom is -0.492 e. The van der Waals surface area contributed by atoms with E-state index in [0.717, 1.165) is 17.7 Å². The second-order valence-electron chi connectivity index (χ2n) is 6.07. The van der Waals surface area contributed by atoms with Crippen LogP contribution < -0.4 is 15.4 Å². The molecular weight excluding hydrogens is 350 g/mol. The Hall–Kier alpha value is -2.54. The first-order valence-electron chi connectivity index (χ1n) is 8.79. The van der Waals surface area contributed by atoms with Gasteiger partial charge in [-0.25, -0.2) is 4.79 Å². The molecule has 2 N–H and O–H groups in total. The first kappa shape index (κ1) is 18.3. The molecule has 1 saturated heterocycles. The molecule has 1 aromatic carbocycles. The predicted octanol–water partition coefficient (Wildman–Crippen LogP) is 3.57. The van der Waals surface area contributed by atoms with E-state index in [1.807, 2.05) is 48.7 Å². The Morgan fingerprint density at radius 1 is 1.19 bits per heavy atom. The van der Waals surface area contributed by atoms with Gasteiger partial charge in [0.2, 0.25) is 0 Å². The van der Waals surface area contributed by atoms with Gasteiger partial charge in [-0.15, -0.1) is 11.3 Å². The molecule has 26 heavy (non-hydrogen) atoms. The van der Waals surface area contributed by atoms with Crippen molar-refractivity contribution < 1.29 is 14.3 Å². The fraction of sp³-hybridized carbons (Fsp3) is 0.368. The highest BCUT2D eigenvalue weighted by atomic mass is 32.1. The van der Waals surface area contributed by atoms with Crippen molar-refractivity contribution in [3.63, 3.8) is 0 Å². The number of likely N-dealkylation sites (tertiary alicyclic amines) is 1. The van der Waals surface area contributed by atoms with Crippen molar-refractivity contribution in [2.75, 3.05) is 25.0 Å². The lowest BCUT2D eigenvalue weighted by atomic mass is 10.1. The Labute approximate surface area is 157 Å². The average Bonchev–Trinajstić information content (AvgIpc) is 3.19. The molecule has 6 nitrogen and oxygen atoms in total. The quantitative estimate of drug-likeness (QED) is 0.842. The number of carbonyl (C=O) groups is 2. The zero-order valence-electron chi connectivity index (χ0n) is 14.7. The maximum absolute atomic E-state index is 12.5. The topological polar surface area (TPSA) is 70.7 Å². The number of piperidine rings is 1. The lowest BCUT2D eigenvalue weighted by Gasteiger charge is -2.32. The monoisotopic (exact) mass is 373 g/mol. The van der Waals surface area contributed by atoms with Crippen LogP contribution in [0.15, 0.2) is 41.8 Å². The van der Waals surface area contributed by atoms with Crippen LogP contribution in [0.4, 0.5) is 10.5 Å². The molecule has 0 unspecified atom stereocenters. The minimum atomic E-state index is -0.139. The largest absolute Gasteiger partial charge is 0.492 e. The Kier molecular flexibility index (Phi) is 6.12. The second kappa shape index (κ2) is 8.71. The molecule has 1 aliphatic rings. The molecule has 0 bridgehead atoms. The van der Waals surface area contributed by atoms with Gasteiger partial charge in [0.25, 0.3) is 5.91 Å². The van der Waals surface area contributed by atoms with Crippen molar-refractivity contribution in [2.24, 2.45) is 0 Å². The average molecular weight is 373 g/mol. The fourth-order valence-electron chi connectivity index (χ4n) is 2.94. The highest BCUT2D eigenvalue weighted by Gasteiger charge is 2.24. The maximum atomic E-state index is 12.5. The standard InChI is InChI=1S/C19H23N3O3S/c1-2-25-16-7-4-3-6-15(16)21-19(24)22-11-9-14(10-12-22)20-18(23)17-8-5-13-26-17/h3-8,13-14H,2,9-12H2,1H3,(H,20,23)(H,21,24). The van der Waals surface area contributed by atoms with E-state index in [1.165, 1.54) is 11.3 Å². The molecule has 0 aliphatic carbocycles. The number of nitrogens with one attached hydrogen (secondary N) is 2. The summed E-state index contributed by atoms with van der Waals surface area (Å²) >= 11 is 1.43. The van der Waals surface area contributed by atoms with Crippen molar-refractivity contribution in [3.05, 3.63) is 46.7 Å². The number of rotatable bonds is 5. The molecule has 0 radical (unpaired) electrons. The number of amides is 3. The predicted molar refractivity (Wildman–Crippen MR) is 103 cm³/mol. The maximum Gasteiger partial charge on any atom is 0.321 e. The number of carbonyl (C=O) groups excluding carboxylic acids is 2. The summed E-state index contributed by atoms with van der Waals surface area (Å²) in [6, 6.07) is 11.1. The third kappa shape index (κ3) is 4.54. The highest BCUT2D eigenvalue weighted by molar-refractivity contribution is 7.12. The van der Waals surface area contributed by atoms with Gasteiger partial charge in [-0.05, 0) is 43.3 Å². The number of thiophene rings is 1. The zero-order valence-corrected chi connectivity index (χ0v) is 15.6. The second-order valence-corrected chi connectivity index (χ2v) is 7.02. The van der Waals surface area contributed by atoms with Gasteiger partial charge in [-0.1, -0.05) is 18.2 Å². The van der Waals surface area contributed by atoms with Gasteiger partial charge < -0.3 is 20.3 Å². The third-order valence-electron chi connectivity index (χ3n) is 4.29. The fourth-order valence-corrected chi connectivity index (χ4v) is 3.56. The van der Waals surface area contributed by atoms with E-state index in [9.17, 15) is 9.59 Å². The molecule has 1 fully saturated rings. The van der Waals surface area contributed by atoms with Crippen molar-refractivity contribution in [1.29, 1.82) is 0 Å². The molecule has 0 saturated carbocycles. The summed E-state index contributed by atoms with van der Waals surface area (Å²) in [7, 11) is 0. The van der Waals surface area contributed by atoms with Gasteiger partial charge in [0.05, 0.1) is 17.2 Å². The number of urea groups is 1. The summed E-state index contributed by atoms with van der Waals surface area (Å²) in [5.41, 5.74) is 0.674. The number of anilines is 1. The lowest BCUT2D eigenvalue weighted by molar-refractivity contribution is 0.0923. The van der Waals surface area contributed by atoms with Crippen LogP contribution in [0.5, 0.6) is 5.75 Å². The van der Waals surface area contributed by atoms with Crippen molar-refractivity contribution in [2.45, 2.75) is 25.8 Å². The molecular formula is C19H23N3O3S. The lowest BCUT2D eigenvalue weighted by Crippen LogP contribution is -2.47. The van der Waals surface area contributed by atoms with E-state index >= 15 is 0 Å². The Morgan fingerprint density at radius 3 is 2.65 bits per heavy atom. The summed E-state index contributed by atoms with van der Waals surface area (Å²) < 4.78 is 5.54. The molecule has 3 rings (SSSR count). The first-order chi connectivity index (χ1) is 12.7. The summed E-state index contributed by atoms with van der Waals surface area (Å²) in [6.45, 7) is 3.67. The summed E-state index contributed by atoms with van der Waals surface area (Å²) in [5.74, 6) is 0.634. The van der Waals surface area contributed by atoms with Crippen LogP contribution in [0.1, 0.15) is 29.4 Å². The van der Waals surface area contributed by atoms with Gasteiger partial charge in [0, 0.05) is 19.1 Å². The van der Waals surface area contributed by atoms with Crippen molar-refractivity contribution >= 4 is 29.0 Å². The normalized spacial score (nSPS) is 14.7. The summed E-state index contributed by atoms with van der Waals surface area (Å²) in [5, 5.41) is 7.86. The van der Waals surface area contributed by atoms with E-state index in [2.05, 4.69) is 10.6 Å². The van der Waals surface area contributed by atoms with E-state index in [0.29, 0.717) is 31.1 Å². The van der Waals surface area contributed by atoms with Crippen LogP contribution in [0.25, 0.3) is 0 Å². The van der Waals surface area contributed by atoms with E-state index in [-0.39, 0.29) is 18.0 Å². The Morgan fingerprint density at radius 2 is 1.96 bits per heavy atom. The highest BCUT2D eigenvalue weighted by Crippen LogP contribution is 2.24. The Balaban J connectivity index is 1.50. The first-order valence-corrected chi connectivity index (χ1v) is 9.67. The number of hydrogen-bond donors (Lipinski definition) is 2. The van der Waals surface area contributed by atoms with E-state index < -0.39 is 0 Å².